The molecule has 0 aliphatic carbocycles. The first-order chi connectivity index (χ1) is 10.9. The number of anilines is 1. The van der Waals surface area contributed by atoms with Crippen molar-refractivity contribution < 1.29 is 8.42 Å². The third-order valence-electron chi connectivity index (χ3n) is 4.00. The van der Waals surface area contributed by atoms with Gasteiger partial charge in [-0.2, -0.15) is 0 Å². The van der Waals surface area contributed by atoms with Gasteiger partial charge in [0, 0.05) is 13.6 Å². The van der Waals surface area contributed by atoms with E-state index in [1.165, 1.54) is 4.31 Å². The van der Waals surface area contributed by atoms with Gasteiger partial charge in [-0.15, -0.1) is 0 Å². The number of benzene rings is 2. The molecule has 0 bridgehead atoms. The maximum atomic E-state index is 13.0. The van der Waals surface area contributed by atoms with Crippen molar-refractivity contribution in [1.29, 1.82) is 0 Å². The predicted octanol–water partition coefficient (Wildman–Crippen LogP) is 3.10. The minimum atomic E-state index is -3.62. The third kappa shape index (κ3) is 2.59. The lowest BCUT2D eigenvalue weighted by atomic mass is 10.3. The molecule has 0 atom stereocenters. The fourth-order valence-corrected chi connectivity index (χ4v) is 4.17. The first-order valence-electron chi connectivity index (χ1n) is 7.46. The number of imidazole rings is 1. The van der Waals surface area contributed by atoms with E-state index in [2.05, 4.69) is 4.98 Å². The molecular formula is C17H19N3O2S. The Balaban J connectivity index is 2.11. The third-order valence-corrected chi connectivity index (χ3v) is 5.89. The zero-order valence-electron chi connectivity index (χ0n) is 13.4. The summed E-state index contributed by atoms with van der Waals surface area (Å²) in [6.07, 6.45) is 0. The first kappa shape index (κ1) is 15.6. The number of hydrogen-bond acceptors (Lipinski definition) is 3. The fourth-order valence-electron chi connectivity index (χ4n) is 2.67. The van der Waals surface area contributed by atoms with Crippen LogP contribution in [-0.4, -0.2) is 24.5 Å². The monoisotopic (exact) mass is 329 g/mol. The van der Waals surface area contributed by atoms with E-state index in [0.717, 1.165) is 11.3 Å². The Kier molecular flexibility index (Phi) is 3.85. The molecule has 2 aromatic carbocycles. The fraction of sp³-hybridized carbons (Fsp3) is 0.235. The predicted molar refractivity (Wildman–Crippen MR) is 92.1 cm³/mol. The molecule has 0 saturated heterocycles. The number of fused-ring (bicyclic) bond motifs is 1. The van der Waals surface area contributed by atoms with E-state index in [4.69, 9.17) is 0 Å². The average Bonchev–Trinajstić information content (AvgIpc) is 2.83. The molecule has 0 fully saturated rings. The largest absolute Gasteiger partial charge is 0.331 e. The first-order valence-corrected chi connectivity index (χ1v) is 8.90. The zero-order chi connectivity index (χ0) is 16.6. The van der Waals surface area contributed by atoms with E-state index >= 15 is 0 Å². The van der Waals surface area contributed by atoms with Gasteiger partial charge in [0.25, 0.3) is 10.0 Å². The average molecular weight is 329 g/mol. The normalized spacial score (nSPS) is 11.8. The lowest BCUT2D eigenvalue weighted by Crippen LogP contribution is -2.30. The summed E-state index contributed by atoms with van der Waals surface area (Å²) < 4.78 is 29.3. The summed E-state index contributed by atoms with van der Waals surface area (Å²) in [6.45, 7) is 4.09. The highest BCUT2D eigenvalue weighted by Gasteiger charge is 2.24. The second kappa shape index (κ2) is 5.70. The Morgan fingerprint density at radius 3 is 2.48 bits per heavy atom. The molecule has 120 valence electrons. The van der Waals surface area contributed by atoms with Crippen molar-refractivity contribution in [3.05, 3.63) is 54.4 Å². The number of aryl methyl sites for hydroxylation is 2. The van der Waals surface area contributed by atoms with E-state index in [0.29, 0.717) is 17.7 Å². The van der Waals surface area contributed by atoms with Crippen molar-refractivity contribution in [3.8, 4) is 0 Å². The molecule has 0 radical (unpaired) electrons. The van der Waals surface area contributed by atoms with Gasteiger partial charge in [-0.1, -0.05) is 18.2 Å². The van der Waals surface area contributed by atoms with Crippen LogP contribution in [0.3, 0.4) is 0 Å². The molecule has 0 unspecified atom stereocenters. The van der Waals surface area contributed by atoms with Gasteiger partial charge in [0.05, 0.1) is 21.6 Å². The summed E-state index contributed by atoms with van der Waals surface area (Å²) in [5.41, 5.74) is 2.27. The molecule has 23 heavy (non-hydrogen) atoms. The van der Waals surface area contributed by atoms with E-state index < -0.39 is 10.0 Å². The van der Waals surface area contributed by atoms with Crippen molar-refractivity contribution in [3.63, 3.8) is 0 Å². The molecule has 6 heteroatoms. The Labute approximate surface area is 136 Å². The molecule has 1 aromatic heterocycles. The molecule has 0 saturated carbocycles. The number of aromatic nitrogens is 2. The highest BCUT2D eigenvalue weighted by atomic mass is 32.2. The molecule has 0 aliphatic rings. The number of para-hydroxylation sites is 1. The summed E-state index contributed by atoms with van der Waals surface area (Å²) in [7, 11) is -1.70. The minimum Gasteiger partial charge on any atom is -0.331 e. The highest BCUT2D eigenvalue weighted by Crippen LogP contribution is 2.25. The van der Waals surface area contributed by atoms with Crippen LogP contribution in [0.15, 0.2) is 53.4 Å². The molecule has 0 spiro atoms. The topological polar surface area (TPSA) is 55.2 Å². The summed E-state index contributed by atoms with van der Waals surface area (Å²) in [5.74, 6) is 0.852. The Morgan fingerprint density at radius 1 is 1.13 bits per heavy atom. The summed E-state index contributed by atoms with van der Waals surface area (Å²) in [4.78, 5) is 4.68. The smallest absolute Gasteiger partial charge is 0.264 e. The van der Waals surface area contributed by atoms with Crippen LogP contribution in [0.25, 0.3) is 11.0 Å². The van der Waals surface area contributed by atoms with Gasteiger partial charge in [0.2, 0.25) is 0 Å². The van der Waals surface area contributed by atoms with Gasteiger partial charge in [-0.3, -0.25) is 4.31 Å². The summed E-state index contributed by atoms with van der Waals surface area (Å²) >= 11 is 0. The molecule has 3 rings (SSSR count). The van der Waals surface area contributed by atoms with E-state index in [-0.39, 0.29) is 4.90 Å². The second-order valence-corrected chi connectivity index (χ2v) is 7.24. The Morgan fingerprint density at radius 2 is 1.83 bits per heavy atom. The van der Waals surface area contributed by atoms with Crippen LogP contribution in [0, 0.1) is 6.92 Å². The van der Waals surface area contributed by atoms with Crippen molar-refractivity contribution >= 4 is 26.7 Å². The number of sulfonamides is 1. The molecule has 5 nitrogen and oxygen atoms in total. The van der Waals surface area contributed by atoms with Crippen LogP contribution < -0.4 is 4.31 Å². The standard InChI is InChI=1S/C17H19N3O2S/c1-4-20(14-8-6-5-7-9-14)23(21,22)15-10-11-17-16(12-15)18-13(2)19(17)3/h5-12H,4H2,1-3H3. The number of rotatable bonds is 4. The van der Waals surface area contributed by atoms with Crippen molar-refractivity contribution in [1.82, 2.24) is 9.55 Å². The maximum Gasteiger partial charge on any atom is 0.264 e. The van der Waals surface area contributed by atoms with Crippen LogP contribution in [0.2, 0.25) is 0 Å². The van der Waals surface area contributed by atoms with Crippen molar-refractivity contribution in [2.45, 2.75) is 18.7 Å². The minimum absolute atomic E-state index is 0.258. The zero-order valence-corrected chi connectivity index (χ0v) is 14.2. The van der Waals surface area contributed by atoms with Crippen LogP contribution in [-0.2, 0) is 17.1 Å². The van der Waals surface area contributed by atoms with Crippen LogP contribution in [0.4, 0.5) is 5.69 Å². The van der Waals surface area contributed by atoms with E-state index in [9.17, 15) is 8.42 Å². The van der Waals surface area contributed by atoms with Gasteiger partial charge < -0.3 is 4.57 Å². The molecular weight excluding hydrogens is 310 g/mol. The van der Waals surface area contributed by atoms with Crippen LogP contribution >= 0.6 is 0 Å². The maximum absolute atomic E-state index is 13.0. The molecule has 1 heterocycles. The van der Waals surface area contributed by atoms with Crippen LogP contribution in [0.5, 0.6) is 0 Å². The number of hydrogen-bond donors (Lipinski definition) is 0. The van der Waals surface area contributed by atoms with Gasteiger partial charge in [-0.05, 0) is 44.2 Å². The van der Waals surface area contributed by atoms with Gasteiger partial charge in [0.1, 0.15) is 5.82 Å². The SMILES string of the molecule is CCN(c1ccccc1)S(=O)(=O)c1ccc2c(c1)nc(C)n2C. The van der Waals surface area contributed by atoms with Crippen LogP contribution in [0.1, 0.15) is 12.7 Å². The van der Waals surface area contributed by atoms with E-state index in [1.807, 2.05) is 43.7 Å². The van der Waals surface area contributed by atoms with Gasteiger partial charge in [0.15, 0.2) is 0 Å². The van der Waals surface area contributed by atoms with Gasteiger partial charge in [-0.25, -0.2) is 13.4 Å². The Bertz CT molecular complexity index is 947. The van der Waals surface area contributed by atoms with Gasteiger partial charge >= 0.3 is 0 Å². The van der Waals surface area contributed by atoms with E-state index in [1.54, 1.807) is 30.3 Å². The molecule has 0 amide bonds. The quantitative estimate of drug-likeness (QED) is 0.739. The number of nitrogens with zero attached hydrogens (tertiary/aromatic N) is 3. The summed E-state index contributed by atoms with van der Waals surface area (Å²) in [5, 5.41) is 0. The lowest BCUT2D eigenvalue weighted by molar-refractivity contribution is 0.592. The molecule has 0 N–H and O–H groups in total. The second-order valence-electron chi connectivity index (χ2n) is 5.37. The Hall–Kier alpha value is -2.34. The van der Waals surface area contributed by atoms with Crippen molar-refractivity contribution in [2.75, 3.05) is 10.8 Å². The lowest BCUT2D eigenvalue weighted by Gasteiger charge is -2.22. The van der Waals surface area contributed by atoms with Crippen molar-refractivity contribution in [2.24, 2.45) is 7.05 Å². The highest BCUT2D eigenvalue weighted by molar-refractivity contribution is 7.92. The molecule has 0 aliphatic heterocycles. The molecule has 3 aromatic rings. The summed E-state index contributed by atoms with van der Waals surface area (Å²) in [6, 6.07) is 14.2.